The Balaban J connectivity index is 1.15. The van der Waals surface area contributed by atoms with Crippen LogP contribution in [0.2, 0.25) is 0 Å². The second-order valence-electron chi connectivity index (χ2n) is 20.6. The zero-order valence-corrected chi connectivity index (χ0v) is 36.5. The van der Waals surface area contributed by atoms with Gasteiger partial charge >= 0.3 is 0 Å². The third-order valence-electron chi connectivity index (χ3n) is 16.6. The lowest BCUT2D eigenvalue weighted by Crippen LogP contribution is -2.63. The summed E-state index contributed by atoms with van der Waals surface area (Å²) in [6, 6.07) is -2.96. The van der Waals surface area contributed by atoms with E-state index in [9.17, 15) is 27.6 Å². The maximum absolute atomic E-state index is 15.2. The van der Waals surface area contributed by atoms with Crippen LogP contribution in [0.25, 0.3) is 0 Å². The number of likely N-dealkylation sites (N-methyl/N-ethyl adjacent to an activating group) is 1. The van der Waals surface area contributed by atoms with Crippen molar-refractivity contribution in [3.63, 3.8) is 0 Å². The summed E-state index contributed by atoms with van der Waals surface area (Å²) in [6.07, 6.45) is 12.7. The highest BCUT2D eigenvalue weighted by Gasteiger charge is 2.85. The molecule has 0 aromatic heterocycles. The molecule has 2 spiro atoms. The SMILES string of the molecule is CC[C@@H]1C[C@]1(NC(=O)[C@@H]1C[C@@]2(CN1C(=O)[C@@H](NC(=O)[C@@H](NC(=O)[C@@H]1CCCN1CC)C1CCCCC1)C(C)(C)C)C(C)(C)C21CCC1)C(=O)NS(=O)(=O)C1CCC1. The third-order valence-corrected chi connectivity index (χ3v) is 18.5. The summed E-state index contributed by atoms with van der Waals surface area (Å²) in [6.45, 7) is 16.2. The molecule has 5 saturated carbocycles. The van der Waals surface area contributed by atoms with Crippen molar-refractivity contribution >= 4 is 39.6 Å². The van der Waals surface area contributed by atoms with E-state index >= 15 is 4.79 Å². The van der Waals surface area contributed by atoms with E-state index < -0.39 is 56.2 Å². The minimum absolute atomic E-state index is 0.00839. The van der Waals surface area contributed by atoms with Gasteiger partial charge in [-0.15, -0.1) is 0 Å². The van der Waals surface area contributed by atoms with Crippen molar-refractivity contribution in [3.05, 3.63) is 0 Å². The Labute approximate surface area is 340 Å². The summed E-state index contributed by atoms with van der Waals surface area (Å²) in [7, 11) is -3.87. The van der Waals surface area contributed by atoms with Crippen molar-refractivity contribution in [1.29, 1.82) is 0 Å². The molecule has 0 radical (unpaired) electrons. The van der Waals surface area contributed by atoms with Gasteiger partial charge in [-0.1, -0.05) is 87.0 Å². The molecule has 4 N–H and O–H groups in total. The van der Waals surface area contributed by atoms with E-state index in [4.69, 9.17) is 0 Å². The van der Waals surface area contributed by atoms with Gasteiger partial charge in [0.05, 0.1) is 11.3 Å². The monoisotopic (exact) mass is 815 g/mol. The number of hydrogen-bond donors (Lipinski definition) is 4. The molecular weight excluding hydrogens is 745 g/mol. The molecule has 2 heterocycles. The molecule has 7 atom stereocenters. The van der Waals surface area contributed by atoms with Crippen molar-refractivity contribution in [2.45, 2.75) is 186 Å². The third kappa shape index (κ3) is 7.01. The highest BCUT2D eigenvalue weighted by Crippen LogP contribution is 2.88. The molecular formula is C43H70N6O7S. The van der Waals surface area contributed by atoms with Gasteiger partial charge in [0.15, 0.2) is 0 Å². The number of carbonyl (C=O) groups is 5. The summed E-state index contributed by atoms with van der Waals surface area (Å²) in [5.74, 6) is -2.27. The fourth-order valence-electron chi connectivity index (χ4n) is 12.3. The largest absolute Gasteiger partial charge is 0.343 e. The van der Waals surface area contributed by atoms with Crippen LogP contribution in [0.15, 0.2) is 0 Å². The van der Waals surface area contributed by atoms with Gasteiger partial charge in [0.2, 0.25) is 33.7 Å². The summed E-state index contributed by atoms with van der Waals surface area (Å²) in [5, 5.41) is 8.75. The van der Waals surface area contributed by atoms with E-state index in [0.29, 0.717) is 38.6 Å². The first kappa shape index (κ1) is 42.4. The molecule has 14 heteroatoms. The van der Waals surface area contributed by atoms with Crippen LogP contribution in [-0.2, 0) is 34.0 Å². The lowest BCUT2D eigenvalue weighted by Gasteiger charge is -2.38. The second-order valence-corrected chi connectivity index (χ2v) is 22.6. The number of likely N-dealkylation sites (tertiary alicyclic amines) is 2. The van der Waals surface area contributed by atoms with Crippen LogP contribution in [0.3, 0.4) is 0 Å². The maximum Gasteiger partial charge on any atom is 0.259 e. The zero-order valence-electron chi connectivity index (χ0n) is 35.6. The Morgan fingerprint density at radius 3 is 2.00 bits per heavy atom. The van der Waals surface area contributed by atoms with E-state index in [1.54, 1.807) is 4.90 Å². The Morgan fingerprint density at radius 2 is 1.47 bits per heavy atom. The minimum Gasteiger partial charge on any atom is -0.343 e. The van der Waals surface area contributed by atoms with Crippen LogP contribution in [0.4, 0.5) is 0 Å². The van der Waals surface area contributed by atoms with Gasteiger partial charge in [0, 0.05) is 12.0 Å². The van der Waals surface area contributed by atoms with Gasteiger partial charge in [-0.2, -0.15) is 0 Å². The van der Waals surface area contributed by atoms with Crippen molar-refractivity contribution in [3.8, 4) is 0 Å². The van der Waals surface area contributed by atoms with Crippen molar-refractivity contribution in [2.75, 3.05) is 19.6 Å². The number of rotatable bonds is 13. The number of hydrogen-bond acceptors (Lipinski definition) is 8. The molecule has 57 heavy (non-hydrogen) atoms. The molecule has 7 rings (SSSR count). The van der Waals surface area contributed by atoms with E-state index in [2.05, 4.69) is 39.4 Å². The number of nitrogens with zero attached hydrogens (tertiary/aromatic N) is 2. The molecule has 7 fully saturated rings. The molecule has 2 aliphatic heterocycles. The van der Waals surface area contributed by atoms with Gasteiger partial charge in [-0.05, 0) is 105 Å². The number of nitrogens with one attached hydrogen (secondary N) is 4. The van der Waals surface area contributed by atoms with Crippen LogP contribution < -0.4 is 20.7 Å². The normalized spacial score (nSPS) is 33.2. The molecule has 2 saturated heterocycles. The molecule has 320 valence electrons. The average Bonchev–Trinajstić information content (AvgIpc) is 3.62. The van der Waals surface area contributed by atoms with Crippen molar-refractivity contribution in [2.24, 2.45) is 33.5 Å². The Kier molecular flexibility index (Phi) is 11.2. The molecule has 5 amide bonds. The molecule has 0 bridgehead atoms. The number of amides is 5. The Bertz CT molecular complexity index is 1730. The zero-order chi connectivity index (χ0) is 41.3. The van der Waals surface area contributed by atoms with Gasteiger partial charge in [-0.3, -0.25) is 33.6 Å². The lowest BCUT2D eigenvalue weighted by atomic mass is 9.73. The molecule has 0 aromatic carbocycles. The van der Waals surface area contributed by atoms with Gasteiger partial charge in [-0.25, -0.2) is 8.42 Å². The maximum atomic E-state index is 15.2. The van der Waals surface area contributed by atoms with Crippen LogP contribution >= 0.6 is 0 Å². The molecule has 5 aliphatic carbocycles. The quantitative estimate of drug-likeness (QED) is 0.215. The van der Waals surface area contributed by atoms with Crippen molar-refractivity contribution < 1.29 is 32.4 Å². The molecule has 0 aromatic rings. The fourth-order valence-corrected chi connectivity index (χ4v) is 13.9. The summed E-state index contributed by atoms with van der Waals surface area (Å²) in [4.78, 5) is 75.9. The first-order valence-electron chi connectivity index (χ1n) is 22.3. The predicted octanol–water partition coefficient (Wildman–Crippen LogP) is 4.15. The van der Waals surface area contributed by atoms with E-state index in [0.717, 1.165) is 83.7 Å². The van der Waals surface area contributed by atoms with E-state index in [1.807, 2.05) is 34.6 Å². The standard InChI is InChI=1S/C43H70N6O7S/c1-8-28-24-43(28,38(54)47-57(55,56)29-18-13-19-29)46-35(51)31-25-42(40(6,7)41(42)21-15-22-41)26-49(31)37(53)33(39(3,4)5)45-36(52)32(27-16-11-10-12-17-27)44-34(50)30-20-14-23-48(30)9-2/h27-33H,8-26H2,1-7H3,(H,44,50)(H,45,52)(H,46,51)(H,47,54)/t28-,30+,31+,32+,33-,42-,43-/m1/s1. The Hall–Kier alpha value is -2.74. The van der Waals surface area contributed by atoms with Gasteiger partial charge < -0.3 is 20.9 Å². The van der Waals surface area contributed by atoms with Crippen LogP contribution in [0, 0.1) is 33.5 Å². The molecule has 7 aliphatic rings. The first-order valence-corrected chi connectivity index (χ1v) is 23.9. The average molecular weight is 815 g/mol. The summed E-state index contributed by atoms with van der Waals surface area (Å²) >= 11 is 0. The van der Waals surface area contributed by atoms with Crippen LogP contribution in [0.5, 0.6) is 0 Å². The van der Waals surface area contributed by atoms with Crippen LogP contribution in [0.1, 0.15) is 151 Å². The number of sulfonamides is 1. The number of fused-ring (bicyclic) bond motifs is 1. The predicted molar refractivity (Wildman–Crippen MR) is 217 cm³/mol. The topological polar surface area (TPSA) is 174 Å². The summed E-state index contributed by atoms with van der Waals surface area (Å²) < 4.78 is 28.4. The van der Waals surface area contributed by atoms with Crippen LogP contribution in [-0.4, -0.2) is 102 Å². The van der Waals surface area contributed by atoms with Crippen molar-refractivity contribution in [1.82, 2.24) is 30.5 Å². The Morgan fingerprint density at radius 1 is 0.789 bits per heavy atom. The molecule has 13 nitrogen and oxygen atoms in total. The minimum atomic E-state index is -3.87. The van der Waals surface area contributed by atoms with E-state index in [1.165, 1.54) is 0 Å². The smallest absolute Gasteiger partial charge is 0.259 e. The molecule has 0 unspecified atom stereocenters. The second kappa shape index (κ2) is 15.1. The highest BCUT2D eigenvalue weighted by atomic mass is 32.2. The first-order chi connectivity index (χ1) is 26.8. The highest BCUT2D eigenvalue weighted by molar-refractivity contribution is 7.90. The summed E-state index contributed by atoms with van der Waals surface area (Å²) in [5.41, 5.74) is -2.52. The fraction of sp³-hybridized carbons (Fsp3) is 0.884. The number of carbonyl (C=O) groups excluding carboxylic acids is 5. The van der Waals surface area contributed by atoms with E-state index in [-0.39, 0.29) is 51.8 Å². The lowest BCUT2D eigenvalue weighted by molar-refractivity contribution is -0.145. The van der Waals surface area contributed by atoms with Gasteiger partial charge in [0.25, 0.3) is 5.91 Å². The van der Waals surface area contributed by atoms with Gasteiger partial charge in [0.1, 0.15) is 23.7 Å².